The first kappa shape index (κ1) is 7.49. The van der Waals surface area contributed by atoms with E-state index in [1.807, 2.05) is 6.07 Å². The molecule has 1 aliphatic rings. The first-order chi connectivity index (χ1) is 4.69. The molecule has 0 aromatic carbocycles. The van der Waals surface area contributed by atoms with Crippen molar-refractivity contribution < 1.29 is 4.39 Å². The zero-order valence-corrected chi connectivity index (χ0v) is 6.68. The molecule has 0 amide bonds. The van der Waals surface area contributed by atoms with Gasteiger partial charge in [-0.2, -0.15) is 5.26 Å². The lowest BCUT2D eigenvalue weighted by Crippen LogP contribution is -2.28. The predicted octanol–water partition coefficient (Wildman–Crippen LogP) is 2.11. The third-order valence-electron chi connectivity index (χ3n) is 1.30. The number of halogens is 2. The molecule has 1 aliphatic carbocycles. The van der Waals surface area contributed by atoms with Crippen molar-refractivity contribution in [3.8, 4) is 6.07 Å². The van der Waals surface area contributed by atoms with E-state index in [4.69, 9.17) is 5.26 Å². The van der Waals surface area contributed by atoms with Crippen molar-refractivity contribution in [3.63, 3.8) is 0 Å². The quantitative estimate of drug-likeness (QED) is 0.552. The maximum atomic E-state index is 12.8. The highest BCUT2D eigenvalue weighted by molar-refractivity contribution is 9.10. The van der Waals surface area contributed by atoms with Crippen molar-refractivity contribution in [1.29, 1.82) is 5.26 Å². The second-order valence-corrected chi connectivity index (χ2v) is 3.34. The average Bonchev–Trinajstić information content (AvgIpc) is 1.96. The van der Waals surface area contributed by atoms with Gasteiger partial charge in [-0.3, -0.25) is 0 Å². The molecule has 0 aromatic heterocycles. The minimum atomic E-state index is -1.25. The van der Waals surface area contributed by atoms with Crippen LogP contribution in [-0.4, -0.2) is 10.5 Å². The molecule has 0 spiro atoms. The van der Waals surface area contributed by atoms with Crippen molar-refractivity contribution >= 4 is 15.9 Å². The molecule has 1 nitrogen and oxygen atoms in total. The van der Waals surface area contributed by atoms with E-state index in [9.17, 15) is 4.39 Å². The van der Waals surface area contributed by atoms with Crippen molar-refractivity contribution in [1.82, 2.24) is 0 Å². The fourth-order valence-electron chi connectivity index (χ4n) is 0.688. The molecule has 0 saturated heterocycles. The highest BCUT2D eigenvalue weighted by Gasteiger charge is 2.33. The van der Waals surface area contributed by atoms with Crippen LogP contribution in [-0.2, 0) is 0 Å². The molecule has 2 atom stereocenters. The summed E-state index contributed by atoms with van der Waals surface area (Å²) in [5.41, 5.74) is 0. The molecule has 0 heterocycles. The van der Waals surface area contributed by atoms with E-state index in [0.29, 0.717) is 0 Å². The Bertz CT molecular complexity index is 228. The van der Waals surface area contributed by atoms with Gasteiger partial charge in [-0.25, -0.2) is 4.39 Å². The van der Waals surface area contributed by atoms with Gasteiger partial charge in [0.2, 0.25) is 0 Å². The Balaban J connectivity index is 2.91. The number of allylic oxidation sites excluding steroid dienone is 4. The maximum absolute atomic E-state index is 12.8. The molecule has 0 N–H and O–H groups in total. The second-order valence-electron chi connectivity index (χ2n) is 2.03. The van der Waals surface area contributed by atoms with Gasteiger partial charge in [0, 0.05) is 0 Å². The number of hydrogen-bond acceptors (Lipinski definition) is 1. The van der Waals surface area contributed by atoms with Crippen LogP contribution in [0.1, 0.15) is 0 Å². The number of alkyl halides is 2. The molecule has 0 aliphatic heterocycles. The van der Waals surface area contributed by atoms with Gasteiger partial charge in [-0.05, 0) is 6.08 Å². The zero-order chi connectivity index (χ0) is 7.61. The van der Waals surface area contributed by atoms with E-state index < -0.39 is 10.5 Å². The van der Waals surface area contributed by atoms with Crippen LogP contribution in [0.4, 0.5) is 4.39 Å². The van der Waals surface area contributed by atoms with Gasteiger partial charge in [0.15, 0.2) is 10.5 Å². The van der Waals surface area contributed by atoms with Gasteiger partial charge in [0.05, 0.1) is 6.07 Å². The Morgan fingerprint density at radius 2 is 2.30 bits per heavy atom. The first-order valence-corrected chi connectivity index (χ1v) is 3.58. The largest absolute Gasteiger partial charge is 0.240 e. The lowest BCUT2D eigenvalue weighted by molar-refractivity contribution is 0.381. The Hall–Kier alpha value is -0.620. The predicted molar refractivity (Wildman–Crippen MR) is 40.4 cm³/mol. The normalized spacial score (nSPS) is 37.5. The third-order valence-corrected chi connectivity index (χ3v) is 2.18. The lowest BCUT2D eigenvalue weighted by atomic mass is 10.0. The summed E-state index contributed by atoms with van der Waals surface area (Å²) in [7, 11) is 0. The van der Waals surface area contributed by atoms with Crippen LogP contribution in [0.3, 0.4) is 0 Å². The Labute approximate surface area is 67.0 Å². The highest BCUT2D eigenvalue weighted by Crippen LogP contribution is 2.29. The van der Waals surface area contributed by atoms with E-state index >= 15 is 0 Å². The zero-order valence-electron chi connectivity index (χ0n) is 5.09. The van der Waals surface area contributed by atoms with Gasteiger partial charge in [-0.15, -0.1) is 0 Å². The van der Waals surface area contributed by atoms with E-state index in [1.54, 1.807) is 12.2 Å². The molecule has 52 valence electrons. The standard InChI is InChI=1S/C7H5BrFN/c8-7(5-10)4-2-1-3-6(7)9/h1-4,6H. The van der Waals surface area contributed by atoms with Crippen LogP contribution in [0.5, 0.6) is 0 Å². The minimum Gasteiger partial charge on any atom is -0.240 e. The summed E-state index contributed by atoms with van der Waals surface area (Å²) in [6.07, 6.45) is 4.83. The molecule has 0 fully saturated rings. The molecule has 0 saturated carbocycles. The summed E-state index contributed by atoms with van der Waals surface area (Å²) in [6, 6.07) is 1.83. The Morgan fingerprint density at radius 1 is 1.60 bits per heavy atom. The second kappa shape index (κ2) is 2.55. The summed E-state index contributed by atoms with van der Waals surface area (Å²) in [5, 5.41) is 8.50. The van der Waals surface area contributed by atoms with Gasteiger partial charge in [0.1, 0.15) is 0 Å². The van der Waals surface area contributed by atoms with E-state index in [-0.39, 0.29) is 0 Å². The molecule has 0 aromatic rings. The van der Waals surface area contributed by atoms with Gasteiger partial charge >= 0.3 is 0 Å². The molecular formula is C7H5BrFN. The van der Waals surface area contributed by atoms with Gasteiger partial charge < -0.3 is 0 Å². The minimum absolute atomic E-state index is 1.14. The van der Waals surface area contributed by atoms with E-state index in [0.717, 1.165) is 0 Å². The Kier molecular flexibility index (Phi) is 1.91. The van der Waals surface area contributed by atoms with E-state index in [2.05, 4.69) is 15.9 Å². The van der Waals surface area contributed by atoms with Crippen LogP contribution < -0.4 is 0 Å². The molecular weight excluding hydrogens is 197 g/mol. The van der Waals surface area contributed by atoms with E-state index in [1.165, 1.54) is 12.2 Å². The smallest absolute Gasteiger partial charge is 0.165 e. The molecule has 0 bridgehead atoms. The molecule has 1 rings (SSSR count). The fourth-order valence-corrected chi connectivity index (χ4v) is 0.993. The van der Waals surface area contributed by atoms with Gasteiger partial charge in [0.25, 0.3) is 0 Å². The van der Waals surface area contributed by atoms with Crippen molar-refractivity contribution in [2.24, 2.45) is 0 Å². The first-order valence-electron chi connectivity index (χ1n) is 2.79. The molecule has 0 radical (unpaired) electrons. The topological polar surface area (TPSA) is 23.8 Å². The third kappa shape index (κ3) is 1.12. The summed E-state index contributed by atoms with van der Waals surface area (Å²) in [6.45, 7) is 0. The van der Waals surface area contributed by atoms with Crippen molar-refractivity contribution in [2.75, 3.05) is 0 Å². The monoisotopic (exact) mass is 201 g/mol. The Morgan fingerprint density at radius 3 is 2.70 bits per heavy atom. The summed E-state index contributed by atoms with van der Waals surface area (Å²) in [5.74, 6) is 0. The number of nitrogens with zero attached hydrogens (tertiary/aromatic N) is 1. The van der Waals surface area contributed by atoms with Crippen LogP contribution in [0, 0.1) is 11.3 Å². The van der Waals surface area contributed by atoms with Crippen LogP contribution in [0.15, 0.2) is 24.3 Å². The summed E-state index contributed by atoms with van der Waals surface area (Å²) >= 11 is 2.99. The number of rotatable bonds is 0. The molecule has 2 unspecified atom stereocenters. The number of hydrogen-bond donors (Lipinski definition) is 0. The fraction of sp³-hybridized carbons (Fsp3) is 0.286. The van der Waals surface area contributed by atoms with Crippen LogP contribution >= 0.6 is 15.9 Å². The van der Waals surface area contributed by atoms with Crippen molar-refractivity contribution in [3.05, 3.63) is 24.3 Å². The van der Waals surface area contributed by atoms with Crippen LogP contribution in [0.2, 0.25) is 0 Å². The van der Waals surface area contributed by atoms with Crippen LogP contribution in [0.25, 0.3) is 0 Å². The maximum Gasteiger partial charge on any atom is 0.165 e. The molecule has 10 heavy (non-hydrogen) atoms. The lowest BCUT2D eigenvalue weighted by Gasteiger charge is -2.18. The molecule has 3 heteroatoms. The summed E-state index contributed by atoms with van der Waals surface area (Å²) < 4.78 is 11.7. The SMILES string of the molecule is N#CC1(Br)C=CC=CC1F. The highest BCUT2D eigenvalue weighted by atomic mass is 79.9. The summed E-state index contributed by atoms with van der Waals surface area (Å²) in [4.78, 5) is 0. The number of nitriles is 1. The average molecular weight is 202 g/mol. The van der Waals surface area contributed by atoms with Crippen molar-refractivity contribution in [2.45, 2.75) is 10.5 Å². The van der Waals surface area contributed by atoms with Gasteiger partial charge in [-0.1, -0.05) is 34.2 Å².